The summed E-state index contributed by atoms with van der Waals surface area (Å²) in [5, 5.41) is 8.39. The van der Waals surface area contributed by atoms with E-state index < -0.39 is 9.84 Å². The van der Waals surface area contributed by atoms with Gasteiger partial charge in [0.25, 0.3) is 0 Å². The fraction of sp³-hybridized carbons (Fsp3) is 0.682. The van der Waals surface area contributed by atoms with Crippen LogP contribution in [0.3, 0.4) is 0 Å². The third kappa shape index (κ3) is 5.40. The summed E-state index contributed by atoms with van der Waals surface area (Å²) in [5.41, 5.74) is 6.45. The Morgan fingerprint density at radius 1 is 1.28 bits per heavy atom. The van der Waals surface area contributed by atoms with Gasteiger partial charge in [-0.1, -0.05) is 18.4 Å². The van der Waals surface area contributed by atoms with Crippen LogP contribution in [0.25, 0.3) is 0 Å². The largest absolute Gasteiger partial charge is 0.478 e. The van der Waals surface area contributed by atoms with E-state index in [1.165, 1.54) is 12.3 Å². The van der Waals surface area contributed by atoms with E-state index in [1.807, 2.05) is 0 Å². The molecule has 0 amide bonds. The van der Waals surface area contributed by atoms with Crippen molar-refractivity contribution in [1.29, 1.82) is 0 Å². The Hall–Kier alpha value is -2.20. The van der Waals surface area contributed by atoms with Gasteiger partial charge in [0.15, 0.2) is 9.84 Å². The number of pyridine rings is 1. The molecule has 32 heavy (non-hydrogen) atoms. The van der Waals surface area contributed by atoms with E-state index in [1.54, 1.807) is 6.07 Å². The number of rotatable bonds is 10. The molecule has 2 fully saturated rings. The lowest BCUT2D eigenvalue weighted by atomic mass is 9.89. The SMILES string of the molecule is CCCCc1nnc(N2CCC([C@H]3C[C@@]3(N)CCOc3ccc(S(C)(=O)=O)cn3)CC2)o1. The van der Waals surface area contributed by atoms with Crippen molar-refractivity contribution in [3.8, 4) is 5.88 Å². The van der Waals surface area contributed by atoms with Crippen molar-refractivity contribution in [1.82, 2.24) is 15.2 Å². The highest BCUT2D eigenvalue weighted by atomic mass is 32.2. The summed E-state index contributed by atoms with van der Waals surface area (Å²) < 4.78 is 34.6. The van der Waals surface area contributed by atoms with Crippen LogP contribution in [-0.4, -0.2) is 55.1 Å². The van der Waals surface area contributed by atoms with Gasteiger partial charge in [0.05, 0.1) is 11.5 Å². The Labute approximate surface area is 189 Å². The van der Waals surface area contributed by atoms with Crippen molar-refractivity contribution in [2.75, 3.05) is 30.9 Å². The van der Waals surface area contributed by atoms with Crippen molar-refractivity contribution in [2.45, 2.75) is 62.3 Å². The van der Waals surface area contributed by atoms with Crippen molar-refractivity contribution in [3.05, 3.63) is 24.2 Å². The summed E-state index contributed by atoms with van der Waals surface area (Å²) in [5.74, 6) is 2.26. The molecular weight excluding hydrogens is 430 g/mol. The van der Waals surface area contributed by atoms with Gasteiger partial charge >= 0.3 is 6.01 Å². The summed E-state index contributed by atoms with van der Waals surface area (Å²) in [6, 6.07) is 3.75. The molecule has 9 nitrogen and oxygen atoms in total. The quantitative estimate of drug-likeness (QED) is 0.566. The molecule has 0 unspecified atom stereocenters. The van der Waals surface area contributed by atoms with Crippen LogP contribution < -0.4 is 15.4 Å². The predicted octanol–water partition coefficient (Wildman–Crippen LogP) is 2.61. The highest BCUT2D eigenvalue weighted by Crippen LogP contribution is 2.51. The minimum absolute atomic E-state index is 0.183. The number of hydrogen-bond acceptors (Lipinski definition) is 9. The Kier molecular flexibility index (Phi) is 6.71. The monoisotopic (exact) mass is 463 g/mol. The Bertz CT molecular complexity index is 1000. The molecule has 0 aromatic carbocycles. The standard InChI is InChI=1S/C22H33N5O4S/c1-3-4-5-20-25-26-21(31-20)27-11-8-16(9-12-27)18-14-22(18,23)10-13-30-19-7-6-17(15-24-19)32(2,28)29/h6-7,15-16,18H,3-5,8-14,23H2,1-2H3/t18-,22+/m1/s1. The molecular formula is C22H33N5O4S. The van der Waals surface area contributed by atoms with Crippen LogP contribution in [0.2, 0.25) is 0 Å². The molecule has 2 aliphatic rings. The molecule has 176 valence electrons. The first-order chi connectivity index (χ1) is 15.3. The maximum atomic E-state index is 11.5. The van der Waals surface area contributed by atoms with E-state index in [4.69, 9.17) is 14.9 Å². The Morgan fingerprint density at radius 3 is 2.72 bits per heavy atom. The van der Waals surface area contributed by atoms with Gasteiger partial charge < -0.3 is 19.8 Å². The molecule has 10 heteroatoms. The van der Waals surface area contributed by atoms with E-state index in [2.05, 4.69) is 27.0 Å². The van der Waals surface area contributed by atoms with Gasteiger partial charge in [-0.3, -0.25) is 0 Å². The molecule has 0 radical (unpaired) electrons. The smallest absolute Gasteiger partial charge is 0.318 e. The van der Waals surface area contributed by atoms with Crippen LogP contribution >= 0.6 is 0 Å². The second-order valence-electron chi connectivity index (χ2n) is 9.15. The van der Waals surface area contributed by atoms with E-state index >= 15 is 0 Å². The predicted molar refractivity (Wildman–Crippen MR) is 120 cm³/mol. The minimum Gasteiger partial charge on any atom is -0.478 e. The summed E-state index contributed by atoms with van der Waals surface area (Å²) in [6.07, 6.45) is 9.44. The van der Waals surface area contributed by atoms with Crippen LogP contribution in [0.15, 0.2) is 27.6 Å². The van der Waals surface area contributed by atoms with Gasteiger partial charge in [0.2, 0.25) is 11.8 Å². The first kappa shape index (κ1) is 23.0. The zero-order valence-corrected chi connectivity index (χ0v) is 19.7. The molecule has 2 N–H and O–H groups in total. The number of aryl methyl sites for hydroxylation is 1. The van der Waals surface area contributed by atoms with Gasteiger partial charge in [0.1, 0.15) is 0 Å². The molecule has 2 atom stereocenters. The number of hydrogen-bond donors (Lipinski definition) is 1. The molecule has 1 saturated carbocycles. The number of nitrogens with two attached hydrogens (primary N) is 1. The lowest BCUT2D eigenvalue weighted by molar-refractivity contribution is 0.262. The summed E-state index contributed by atoms with van der Waals surface area (Å²) in [4.78, 5) is 6.46. The molecule has 1 aliphatic carbocycles. The fourth-order valence-corrected chi connectivity index (χ4v) is 5.15. The number of ether oxygens (including phenoxy) is 1. The zero-order chi connectivity index (χ0) is 22.8. The maximum Gasteiger partial charge on any atom is 0.318 e. The fourth-order valence-electron chi connectivity index (χ4n) is 4.59. The molecule has 1 aliphatic heterocycles. The van der Waals surface area contributed by atoms with Crippen molar-refractivity contribution < 1.29 is 17.6 Å². The van der Waals surface area contributed by atoms with Crippen LogP contribution in [-0.2, 0) is 16.3 Å². The van der Waals surface area contributed by atoms with Gasteiger partial charge in [-0.05, 0) is 50.0 Å². The van der Waals surface area contributed by atoms with E-state index in [0.29, 0.717) is 30.3 Å². The lowest BCUT2D eigenvalue weighted by Gasteiger charge is -2.31. The Morgan fingerprint density at radius 2 is 2.06 bits per heavy atom. The molecule has 0 bridgehead atoms. The first-order valence-corrected chi connectivity index (χ1v) is 13.3. The zero-order valence-electron chi connectivity index (χ0n) is 18.9. The summed E-state index contributed by atoms with van der Waals surface area (Å²) in [6.45, 7) is 4.46. The number of anilines is 1. The van der Waals surface area contributed by atoms with Crippen LogP contribution in [0.1, 0.15) is 51.3 Å². The van der Waals surface area contributed by atoms with Crippen molar-refractivity contribution in [2.24, 2.45) is 17.6 Å². The van der Waals surface area contributed by atoms with E-state index in [0.717, 1.165) is 70.2 Å². The molecule has 2 aromatic rings. The van der Waals surface area contributed by atoms with Gasteiger partial charge in [-0.15, -0.1) is 5.10 Å². The average molecular weight is 464 g/mol. The topological polar surface area (TPSA) is 124 Å². The lowest BCUT2D eigenvalue weighted by Crippen LogP contribution is -2.37. The number of unbranched alkanes of at least 4 members (excludes halogenated alkanes) is 1. The summed E-state index contributed by atoms with van der Waals surface area (Å²) in [7, 11) is -3.25. The second-order valence-corrected chi connectivity index (χ2v) is 11.2. The minimum atomic E-state index is -3.25. The van der Waals surface area contributed by atoms with Gasteiger partial charge in [-0.25, -0.2) is 13.4 Å². The maximum absolute atomic E-state index is 11.5. The number of aromatic nitrogens is 3. The summed E-state index contributed by atoms with van der Waals surface area (Å²) >= 11 is 0. The number of nitrogens with zero attached hydrogens (tertiary/aromatic N) is 4. The van der Waals surface area contributed by atoms with Crippen LogP contribution in [0.5, 0.6) is 5.88 Å². The normalized spacial score (nSPS) is 24.0. The average Bonchev–Trinajstić information content (AvgIpc) is 3.22. The van der Waals surface area contributed by atoms with Crippen LogP contribution in [0.4, 0.5) is 6.01 Å². The third-order valence-electron chi connectivity index (χ3n) is 6.71. The third-order valence-corrected chi connectivity index (χ3v) is 7.81. The molecule has 0 spiro atoms. The van der Waals surface area contributed by atoms with E-state index in [9.17, 15) is 8.42 Å². The second kappa shape index (κ2) is 9.35. The molecule has 3 heterocycles. The highest BCUT2D eigenvalue weighted by Gasteiger charge is 2.54. The first-order valence-electron chi connectivity index (χ1n) is 11.4. The number of piperidine rings is 1. The molecule has 4 rings (SSSR count). The molecule has 2 aromatic heterocycles. The Balaban J connectivity index is 1.20. The van der Waals surface area contributed by atoms with Crippen molar-refractivity contribution in [3.63, 3.8) is 0 Å². The van der Waals surface area contributed by atoms with E-state index in [-0.39, 0.29) is 10.4 Å². The van der Waals surface area contributed by atoms with Gasteiger partial charge in [-0.2, -0.15) is 0 Å². The van der Waals surface area contributed by atoms with Crippen molar-refractivity contribution >= 4 is 15.9 Å². The van der Waals surface area contributed by atoms with Crippen LogP contribution in [0, 0.1) is 11.8 Å². The number of sulfone groups is 1. The highest BCUT2D eigenvalue weighted by molar-refractivity contribution is 7.90. The van der Waals surface area contributed by atoms with Gasteiger partial charge in [0, 0.05) is 43.6 Å². The molecule has 1 saturated heterocycles.